The molecule has 0 amide bonds. The largest absolute Gasteiger partial charge is 0.481 e. The van der Waals surface area contributed by atoms with E-state index >= 15 is 0 Å². The molecule has 14 heavy (non-hydrogen) atoms. The van der Waals surface area contributed by atoms with E-state index in [4.69, 9.17) is 5.11 Å². The van der Waals surface area contributed by atoms with Crippen LogP contribution in [0.1, 0.15) is 17.7 Å². The van der Waals surface area contributed by atoms with Gasteiger partial charge in [-0.25, -0.2) is 9.78 Å². The van der Waals surface area contributed by atoms with Gasteiger partial charge in [-0.05, 0) is 24.8 Å². The van der Waals surface area contributed by atoms with Gasteiger partial charge in [0.2, 0.25) is 0 Å². The van der Waals surface area contributed by atoms with Gasteiger partial charge in [0, 0.05) is 11.9 Å². The van der Waals surface area contributed by atoms with Gasteiger partial charge >= 0.3 is 11.7 Å². The van der Waals surface area contributed by atoms with Gasteiger partial charge in [-0.1, -0.05) is 0 Å². The second-order valence-corrected chi connectivity index (χ2v) is 3.47. The first-order chi connectivity index (χ1) is 6.66. The molecular formula is C9H10N2O3. The summed E-state index contributed by atoms with van der Waals surface area (Å²) in [7, 11) is 0. The Bertz CT molecular complexity index is 424. The molecule has 1 unspecified atom stereocenters. The molecule has 0 saturated carbocycles. The molecule has 2 rings (SSSR count). The van der Waals surface area contributed by atoms with E-state index in [0.717, 1.165) is 11.3 Å². The molecule has 1 aliphatic carbocycles. The zero-order valence-electron chi connectivity index (χ0n) is 7.49. The number of H-pyrrole nitrogens is 1. The predicted octanol–water partition coefficient (Wildman–Crippen LogP) is -0.0406. The average molecular weight is 194 g/mol. The number of aryl methyl sites for hydroxylation is 1. The van der Waals surface area contributed by atoms with Crippen LogP contribution in [0.25, 0.3) is 0 Å². The van der Waals surface area contributed by atoms with Gasteiger partial charge in [-0.2, -0.15) is 0 Å². The highest BCUT2D eigenvalue weighted by Crippen LogP contribution is 2.22. The predicted molar refractivity (Wildman–Crippen MR) is 48.0 cm³/mol. The third kappa shape index (κ3) is 1.53. The van der Waals surface area contributed by atoms with Crippen LogP contribution in [0.4, 0.5) is 0 Å². The number of hydrogen-bond donors (Lipinski definition) is 2. The van der Waals surface area contributed by atoms with Crippen molar-refractivity contribution in [2.75, 3.05) is 0 Å². The van der Waals surface area contributed by atoms with Gasteiger partial charge in [0.25, 0.3) is 0 Å². The van der Waals surface area contributed by atoms with E-state index in [0.29, 0.717) is 19.3 Å². The molecule has 1 heterocycles. The van der Waals surface area contributed by atoms with Crippen LogP contribution in [0.3, 0.4) is 0 Å². The van der Waals surface area contributed by atoms with Gasteiger partial charge in [-0.15, -0.1) is 0 Å². The van der Waals surface area contributed by atoms with Gasteiger partial charge in [0.1, 0.15) is 0 Å². The van der Waals surface area contributed by atoms with Gasteiger partial charge in [-0.3, -0.25) is 4.79 Å². The lowest BCUT2D eigenvalue weighted by Crippen LogP contribution is -2.25. The smallest absolute Gasteiger partial charge is 0.345 e. The van der Waals surface area contributed by atoms with Crippen molar-refractivity contribution in [3.8, 4) is 0 Å². The summed E-state index contributed by atoms with van der Waals surface area (Å²) in [6.07, 6.45) is 3.14. The number of hydrogen-bond acceptors (Lipinski definition) is 3. The minimum atomic E-state index is -0.776. The van der Waals surface area contributed by atoms with Crippen molar-refractivity contribution in [1.29, 1.82) is 0 Å². The molecule has 0 bridgehead atoms. The van der Waals surface area contributed by atoms with E-state index in [-0.39, 0.29) is 11.6 Å². The number of rotatable bonds is 1. The number of carboxylic acids is 1. The SMILES string of the molecule is O=C(O)C1CCc2[nH]c(=O)ncc2C1. The summed E-state index contributed by atoms with van der Waals surface area (Å²) in [5.41, 5.74) is 1.32. The summed E-state index contributed by atoms with van der Waals surface area (Å²) < 4.78 is 0. The lowest BCUT2D eigenvalue weighted by molar-refractivity contribution is -0.142. The summed E-state index contributed by atoms with van der Waals surface area (Å²) in [5.74, 6) is -1.11. The van der Waals surface area contributed by atoms with Crippen molar-refractivity contribution in [3.05, 3.63) is 27.9 Å². The van der Waals surface area contributed by atoms with Gasteiger partial charge in [0.05, 0.1) is 5.92 Å². The van der Waals surface area contributed by atoms with Crippen molar-refractivity contribution >= 4 is 5.97 Å². The minimum absolute atomic E-state index is 0.338. The Labute approximate surface area is 79.8 Å². The van der Waals surface area contributed by atoms with Crippen LogP contribution in [0.5, 0.6) is 0 Å². The van der Waals surface area contributed by atoms with Crippen LogP contribution in [0.2, 0.25) is 0 Å². The quantitative estimate of drug-likeness (QED) is 0.657. The van der Waals surface area contributed by atoms with Gasteiger partial charge in [0.15, 0.2) is 0 Å². The molecule has 5 nitrogen and oxygen atoms in total. The first-order valence-corrected chi connectivity index (χ1v) is 4.46. The number of nitrogens with one attached hydrogen (secondary N) is 1. The number of aromatic nitrogens is 2. The van der Waals surface area contributed by atoms with Crippen molar-refractivity contribution in [1.82, 2.24) is 9.97 Å². The summed E-state index contributed by atoms with van der Waals surface area (Å²) in [5, 5.41) is 8.83. The van der Waals surface area contributed by atoms with E-state index in [9.17, 15) is 9.59 Å². The fraction of sp³-hybridized carbons (Fsp3) is 0.444. The standard InChI is InChI=1S/C9H10N2O3/c12-8(13)5-1-2-7-6(3-5)4-10-9(14)11-7/h4-5H,1-3H2,(H,12,13)(H,10,11,14). The summed E-state index contributed by atoms with van der Waals surface area (Å²) in [6, 6.07) is 0. The maximum atomic E-state index is 10.9. The lowest BCUT2D eigenvalue weighted by Gasteiger charge is -2.19. The Morgan fingerprint density at radius 1 is 1.64 bits per heavy atom. The van der Waals surface area contributed by atoms with Crippen LogP contribution < -0.4 is 5.69 Å². The van der Waals surface area contributed by atoms with Crippen molar-refractivity contribution in [3.63, 3.8) is 0 Å². The highest BCUT2D eigenvalue weighted by atomic mass is 16.4. The Hall–Kier alpha value is -1.65. The fourth-order valence-electron chi connectivity index (χ4n) is 1.75. The topological polar surface area (TPSA) is 83.0 Å². The maximum absolute atomic E-state index is 10.9. The van der Waals surface area contributed by atoms with Crippen LogP contribution in [-0.2, 0) is 17.6 Å². The number of carbonyl (C=O) groups is 1. The van der Waals surface area contributed by atoms with Crippen molar-refractivity contribution in [2.24, 2.45) is 5.92 Å². The Kier molecular flexibility index (Phi) is 2.07. The third-order valence-corrected chi connectivity index (χ3v) is 2.54. The zero-order valence-corrected chi connectivity index (χ0v) is 7.49. The third-order valence-electron chi connectivity index (χ3n) is 2.54. The molecule has 2 N–H and O–H groups in total. The van der Waals surface area contributed by atoms with Gasteiger partial charge < -0.3 is 10.1 Å². The highest BCUT2D eigenvalue weighted by molar-refractivity contribution is 5.70. The number of aliphatic carboxylic acids is 1. The monoisotopic (exact) mass is 194 g/mol. The number of aromatic amines is 1. The maximum Gasteiger partial charge on any atom is 0.345 e. The van der Waals surface area contributed by atoms with E-state index in [1.54, 1.807) is 0 Å². The second kappa shape index (κ2) is 3.25. The van der Waals surface area contributed by atoms with Crippen molar-refractivity contribution < 1.29 is 9.90 Å². The van der Waals surface area contributed by atoms with Crippen LogP contribution >= 0.6 is 0 Å². The molecule has 1 atom stereocenters. The first kappa shape index (κ1) is 8.93. The molecule has 1 aromatic rings. The normalized spacial score (nSPS) is 20.1. The van der Waals surface area contributed by atoms with Crippen LogP contribution in [-0.4, -0.2) is 21.0 Å². The molecule has 1 aliphatic rings. The Morgan fingerprint density at radius 3 is 3.14 bits per heavy atom. The summed E-state index contributed by atoms with van der Waals surface area (Å²) >= 11 is 0. The first-order valence-electron chi connectivity index (χ1n) is 4.46. The Balaban J connectivity index is 2.31. The molecule has 0 saturated heterocycles. The number of carboxylic acid groups (broad SMARTS) is 1. The number of fused-ring (bicyclic) bond motifs is 1. The molecule has 0 aliphatic heterocycles. The Morgan fingerprint density at radius 2 is 2.43 bits per heavy atom. The summed E-state index contributed by atoms with van der Waals surface area (Å²) in [4.78, 5) is 27.8. The highest BCUT2D eigenvalue weighted by Gasteiger charge is 2.24. The zero-order chi connectivity index (χ0) is 10.1. The second-order valence-electron chi connectivity index (χ2n) is 3.47. The van der Waals surface area contributed by atoms with Crippen LogP contribution in [0.15, 0.2) is 11.0 Å². The number of nitrogens with zero attached hydrogens (tertiary/aromatic N) is 1. The minimum Gasteiger partial charge on any atom is -0.481 e. The fourth-order valence-corrected chi connectivity index (χ4v) is 1.75. The molecule has 5 heteroatoms. The van der Waals surface area contributed by atoms with Crippen LogP contribution in [0, 0.1) is 5.92 Å². The molecule has 1 aromatic heterocycles. The molecule has 0 spiro atoms. The lowest BCUT2D eigenvalue weighted by atomic mass is 9.87. The molecule has 74 valence electrons. The molecular weight excluding hydrogens is 184 g/mol. The molecule has 0 aromatic carbocycles. The van der Waals surface area contributed by atoms with Crippen molar-refractivity contribution in [2.45, 2.75) is 19.3 Å². The molecule has 0 radical (unpaired) electrons. The van der Waals surface area contributed by atoms with E-state index in [1.807, 2.05) is 0 Å². The van der Waals surface area contributed by atoms with E-state index in [1.165, 1.54) is 6.20 Å². The van der Waals surface area contributed by atoms with E-state index in [2.05, 4.69) is 9.97 Å². The molecule has 0 fully saturated rings. The van der Waals surface area contributed by atoms with E-state index < -0.39 is 5.97 Å². The average Bonchev–Trinajstić information content (AvgIpc) is 2.16. The summed E-state index contributed by atoms with van der Waals surface area (Å²) in [6.45, 7) is 0.